The van der Waals surface area contributed by atoms with Crippen molar-refractivity contribution in [3.8, 4) is 5.75 Å². The summed E-state index contributed by atoms with van der Waals surface area (Å²) in [5.74, 6) is -10.2. The SMILES string of the molecule is CC1c2ccc(NC(=O)CN(C)C)c(O)c2C(O)=C2C(=O)C3(O)C(O)=C(C(N)=O)C(=O)C(N(C)C)C3C(O)C21. The van der Waals surface area contributed by atoms with E-state index in [0.29, 0.717) is 5.56 Å². The molecule has 3 aliphatic rings. The first-order valence-corrected chi connectivity index (χ1v) is 12.2. The van der Waals surface area contributed by atoms with Gasteiger partial charge in [-0.1, -0.05) is 13.0 Å². The average Bonchev–Trinajstić information content (AvgIpc) is 2.82. The van der Waals surface area contributed by atoms with Gasteiger partial charge in [0.15, 0.2) is 11.4 Å². The number of phenolic OH excluding ortho intramolecular Hbond substituents is 1. The predicted molar refractivity (Wildman–Crippen MR) is 138 cm³/mol. The minimum atomic E-state index is -2.99. The summed E-state index contributed by atoms with van der Waals surface area (Å²) in [5.41, 5.74) is 0.921. The summed E-state index contributed by atoms with van der Waals surface area (Å²) in [7, 11) is 6.23. The number of anilines is 1. The second-order valence-electron chi connectivity index (χ2n) is 10.8. The summed E-state index contributed by atoms with van der Waals surface area (Å²) in [4.78, 5) is 54.4. The number of nitrogens with one attached hydrogen (secondary N) is 1. The molecule has 1 aromatic rings. The topological polar surface area (TPSA) is 214 Å². The molecule has 6 atom stereocenters. The van der Waals surface area contributed by atoms with Gasteiger partial charge in [0.1, 0.15) is 22.8 Å². The van der Waals surface area contributed by atoms with Crippen molar-refractivity contribution in [3.05, 3.63) is 40.2 Å². The lowest BCUT2D eigenvalue weighted by atomic mass is 9.54. The molecule has 4 rings (SSSR count). The monoisotopic (exact) mass is 544 g/mol. The Labute approximate surface area is 223 Å². The number of nitrogens with two attached hydrogens (primary N) is 1. The van der Waals surface area contributed by atoms with E-state index in [1.807, 2.05) is 0 Å². The molecule has 0 aromatic heterocycles. The Morgan fingerprint density at radius 3 is 2.26 bits per heavy atom. The van der Waals surface area contributed by atoms with Gasteiger partial charge in [0.25, 0.3) is 5.91 Å². The van der Waals surface area contributed by atoms with E-state index in [1.165, 1.54) is 31.1 Å². The maximum Gasteiger partial charge on any atom is 0.255 e. The fraction of sp³-hybridized carbons (Fsp3) is 0.462. The van der Waals surface area contributed by atoms with Gasteiger partial charge in [-0.2, -0.15) is 0 Å². The van der Waals surface area contributed by atoms with Crippen molar-refractivity contribution in [1.82, 2.24) is 9.80 Å². The predicted octanol–water partition coefficient (Wildman–Crippen LogP) is -1.00. The van der Waals surface area contributed by atoms with Crippen LogP contribution in [0.15, 0.2) is 29.0 Å². The van der Waals surface area contributed by atoms with E-state index in [4.69, 9.17) is 5.73 Å². The van der Waals surface area contributed by atoms with Gasteiger partial charge >= 0.3 is 0 Å². The van der Waals surface area contributed by atoms with Gasteiger partial charge in [-0.25, -0.2) is 0 Å². The van der Waals surface area contributed by atoms with Crippen molar-refractivity contribution >= 4 is 34.8 Å². The van der Waals surface area contributed by atoms with E-state index in [1.54, 1.807) is 25.9 Å². The zero-order valence-corrected chi connectivity index (χ0v) is 22.1. The largest absolute Gasteiger partial charge is 0.508 e. The third-order valence-corrected chi connectivity index (χ3v) is 7.86. The highest BCUT2D eigenvalue weighted by Crippen LogP contribution is 2.56. The van der Waals surface area contributed by atoms with Crippen LogP contribution in [0.1, 0.15) is 24.0 Å². The van der Waals surface area contributed by atoms with Crippen LogP contribution in [0.2, 0.25) is 0 Å². The number of carbonyl (C=O) groups excluding carboxylic acids is 4. The number of rotatable bonds is 5. The minimum absolute atomic E-state index is 0.000736. The van der Waals surface area contributed by atoms with Gasteiger partial charge in [0.05, 0.1) is 35.9 Å². The molecule has 0 bridgehead atoms. The van der Waals surface area contributed by atoms with Crippen LogP contribution in [0, 0.1) is 11.8 Å². The van der Waals surface area contributed by atoms with E-state index in [2.05, 4.69) is 5.32 Å². The molecular formula is C26H32N4O9. The first kappa shape index (κ1) is 28.2. The summed E-state index contributed by atoms with van der Waals surface area (Å²) in [6.45, 7) is 1.63. The summed E-state index contributed by atoms with van der Waals surface area (Å²) in [5, 5.41) is 59.1. The number of aliphatic hydroxyl groups is 4. The second kappa shape index (κ2) is 9.45. The van der Waals surface area contributed by atoms with Crippen LogP contribution in [0.4, 0.5) is 5.69 Å². The standard InChI is InChI=1S/C26H32N4O9/c1-9-10-6-7-11(28-12(31)8-29(2)3)19(32)14(10)20(33)15-13(9)21(34)17-18(30(4)5)22(35)16(25(27)38)24(37)26(17,39)23(15)36/h6-7,9,13,17-18,21,32-34,37,39H,8H2,1-5H3,(H2,27,38)(H,28,31). The van der Waals surface area contributed by atoms with Gasteiger partial charge in [0.2, 0.25) is 11.7 Å². The number of nitrogens with zero attached hydrogens (tertiary/aromatic N) is 2. The van der Waals surface area contributed by atoms with Gasteiger partial charge in [-0.3, -0.25) is 24.1 Å². The zero-order chi connectivity index (χ0) is 29.3. The van der Waals surface area contributed by atoms with Crippen LogP contribution in [0.3, 0.4) is 0 Å². The molecule has 2 amide bonds. The normalized spacial score (nSPS) is 30.3. The lowest BCUT2D eigenvalue weighted by Gasteiger charge is -2.53. The molecule has 0 heterocycles. The molecule has 13 nitrogen and oxygen atoms in total. The smallest absolute Gasteiger partial charge is 0.255 e. The molecular weight excluding hydrogens is 512 g/mol. The number of amides is 2. The summed E-state index contributed by atoms with van der Waals surface area (Å²) in [6, 6.07) is 1.52. The molecule has 1 fully saturated rings. The molecule has 6 unspecified atom stereocenters. The molecule has 0 radical (unpaired) electrons. The summed E-state index contributed by atoms with van der Waals surface area (Å²) in [6.07, 6.45) is -1.68. The number of hydrogen-bond donors (Lipinski definition) is 7. The van der Waals surface area contributed by atoms with E-state index < -0.39 is 87.3 Å². The number of primary amides is 1. The lowest BCUT2D eigenvalue weighted by molar-refractivity contribution is -0.169. The van der Waals surface area contributed by atoms with E-state index in [0.717, 1.165) is 0 Å². The number of benzene rings is 1. The van der Waals surface area contributed by atoms with Crippen molar-refractivity contribution in [2.45, 2.75) is 30.6 Å². The first-order chi connectivity index (χ1) is 18.1. The Bertz CT molecular complexity index is 1370. The van der Waals surface area contributed by atoms with Crippen molar-refractivity contribution in [2.24, 2.45) is 17.6 Å². The maximum atomic E-state index is 14.0. The summed E-state index contributed by atoms with van der Waals surface area (Å²) >= 11 is 0. The fourth-order valence-corrected chi connectivity index (χ4v) is 6.19. The highest BCUT2D eigenvalue weighted by molar-refractivity contribution is 6.24. The number of fused-ring (bicyclic) bond motifs is 3. The van der Waals surface area contributed by atoms with Crippen LogP contribution in [-0.2, 0) is 19.2 Å². The highest BCUT2D eigenvalue weighted by Gasteiger charge is 2.68. The first-order valence-electron chi connectivity index (χ1n) is 12.2. The maximum absolute atomic E-state index is 14.0. The molecule has 3 aliphatic carbocycles. The van der Waals surface area contributed by atoms with Gasteiger partial charge in [-0.05, 0) is 45.7 Å². The Morgan fingerprint density at radius 2 is 1.72 bits per heavy atom. The highest BCUT2D eigenvalue weighted by atomic mass is 16.4. The quantitative estimate of drug-likeness (QED) is 0.176. The number of phenols is 1. The molecule has 0 aliphatic heterocycles. The van der Waals surface area contributed by atoms with Crippen LogP contribution in [0.5, 0.6) is 5.75 Å². The average molecular weight is 545 g/mol. The molecule has 210 valence electrons. The Kier molecular flexibility index (Phi) is 6.84. The molecule has 0 saturated heterocycles. The lowest BCUT2D eigenvalue weighted by Crippen LogP contribution is -2.70. The molecule has 1 saturated carbocycles. The third-order valence-electron chi connectivity index (χ3n) is 7.86. The van der Waals surface area contributed by atoms with Crippen molar-refractivity contribution < 1.29 is 44.7 Å². The van der Waals surface area contributed by atoms with Crippen LogP contribution in [0.25, 0.3) is 5.76 Å². The molecule has 8 N–H and O–H groups in total. The van der Waals surface area contributed by atoms with E-state index in [9.17, 15) is 44.7 Å². The molecule has 13 heteroatoms. The molecule has 1 aromatic carbocycles. The second-order valence-corrected chi connectivity index (χ2v) is 10.8. The Balaban J connectivity index is 1.95. The number of ketones is 2. The number of aromatic hydroxyl groups is 1. The van der Waals surface area contributed by atoms with Gasteiger partial charge in [-0.15, -0.1) is 0 Å². The summed E-state index contributed by atoms with van der Waals surface area (Å²) < 4.78 is 0. The van der Waals surface area contributed by atoms with Crippen LogP contribution >= 0.6 is 0 Å². The van der Waals surface area contributed by atoms with Crippen LogP contribution in [-0.4, -0.2) is 111 Å². The van der Waals surface area contributed by atoms with Crippen molar-refractivity contribution in [3.63, 3.8) is 0 Å². The number of hydrogen-bond acceptors (Lipinski definition) is 11. The van der Waals surface area contributed by atoms with Crippen LogP contribution < -0.4 is 11.1 Å². The van der Waals surface area contributed by atoms with Crippen molar-refractivity contribution in [2.75, 3.05) is 40.1 Å². The third kappa shape index (κ3) is 3.92. The van der Waals surface area contributed by atoms with E-state index in [-0.39, 0.29) is 17.8 Å². The molecule has 39 heavy (non-hydrogen) atoms. The van der Waals surface area contributed by atoms with E-state index >= 15 is 0 Å². The zero-order valence-electron chi connectivity index (χ0n) is 22.1. The van der Waals surface area contributed by atoms with Gasteiger partial charge in [0, 0.05) is 11.5 Å². The van der Waals surface area contributed by atoms with Gasteiger partial charge < -0.3 is 41.5 Å². The number of likely N-dealkylation sites (N-methyl/N-ethyl adjacent to an activating group) is 2. The number of aliphatic hydroxyl groups excluding tert-OH is 3. The Morgan fingerprint density at radius 1 is 1.10 bits per heavy atom. The number of Topliss-reactive ketones (excluding diaryl/α,β-unsaturated/α-hetero) is 2. The minimum Gasteiger partial charge on any atom is -0.508 e. The molecule has 0 spiro atoms. The number of carbonyl (C=O) groups is 4. The Hall–Kier alpha value is -3.78. The fourth-order valence-electron chi connectivity index (χ4n) is 6.19. The van der Waals surface area contributed by atoms with Crippen molar-refractivity contribution in [1.29, 1.82) is 0 Å².